The predicted octanol–water partition coefficient (Wildman–Crippen LogP) is 2.60. The predicted molar refractivity (Wildman–Crippen MR) is 99.7 cm³/mol. The summed E-state index contributed by atoms with van der Waals surface area (Å²) in [6.07, 6.45) is 5.18. The summed E-state index contributed by atoms with van der Waals surface area (Å²) in [6.45, 7) is 3.29. The molecule has 134 valence electrons. The minimum Gasteiger partial charge on any atom is -0.341 e. The number of anilines is 1. The number of carbonyl (C=O) groups excluding carboxylic acids is 1. The van der Waals surface area contributed by atoms with Gasteiger partial charge in [-0.15, -0.1) is 11.3 Å². The van der Waals surface area contributed by atoms with Crippen LogP contribution in [-0.2, 0) is 17.8 Å². The lowest BCUT2D eigenvalue weighted by atomic mass is 9.92. The van der Waals surface area contributed by atoms with Gasteiger partial charge in [0.1, 0.15) is 11.8 Å². The maximum atomic E-state index is 12.7. The van der Waals surface area contributed by atoms with Crippen molar-refractivity contribution in [3.05, 3.63) is 39.8 Å². The highest BCUT2D eigenvalue weighted by atomic mass is 32.1. The molecule has 0 saturated carbocycles. The zero-order valence-electron chi connectivity index (χ0n) is 14.6. The zero-order chi connectivity index (χ0) is 17.9. The first kappa shape index (κ1) is 17.0. The van der Waals surface area contributed by atoms with E-state index >= 15 is 0 Å². The van der Waals surface area contributed by atoms with Crippen molar-refractivity contribution < 1.29 is 4.79 Å². The lowest BCUT2D eigenvalue weighted by Gasteiger charge is -2.33. The Kier molecular flexibility index (Phi) is 4.85. The molecule has 0 aromatic carbocycles. The maximum absolute atomic E-state index is 12.7. The summed E-state index contributed by atoms with van der Waals surface area (Å²) in [6, 6.07) is 5.82. The van der Waals surface area contributed by atoms with E-state index in [2.05, 4.69) is 32.4 Å². The quantitative estimate of drug-likeness (QED) is 0.834. The number of piperidine rings is 1. The molecule has 2 aromatic heterocycles. The lowest BCUT2D eigenvalue weighted by molar-refractivity contribution is -0.133. The molecule has 0 bridgehead atoms. The molecule has 2 aliphatic heterocycles. The second-order valence-corrected chi connectivity index (χ2v) is 7.92. The van der Waals surface area contributed by atoms with Crippen molar-refractivity contribution in [2.45, 2.75) is 32.2 Å². The number of hydrogen-bond acceptors (Lipinski definition) is 6. The summed E-state index contributed by atoms with van der Waals surface area (Å²) in [5, 5.41) is 11.1. The summed E-state index contributed by atoms with van der Waals surface area (Å²) in [5.41, 5.74) is 1.71. The van der Waals surface area contributed by atoms with Crippen molar-refractivity contribution in [1.29, 1.82) is 5.26 Å². The Hall–Kier alpha value is -2.46. The van der Waals surface area contributed by atoms with Gasteiger partial charge >= 0.3 is 0 Å². The van der Waals surface area contributed by atoms with Gasteiger partial charge in [-0.05, 0) is 48.3 Å². The van der Waals surface area contributed by atoms with E-state index in [4.69, 9.17) is 5.26 Å². The van der Waals surface area contributed by atoms with Crippen LogP contribution in [0, 0.1) is 17.2 Å². The number of rotatable bonds is 3. The number of thiophene rings is 1. The average molecular weight is 367 g/mol. The van der Waals surface area contributed by atoms with Crippen LogP contribution >= 0.6 is 11.3 Å². The molecule has 0 atom stereocenters. The van der Waals surface area contributed by atoms with Gasteiger partial charge in [-0.1, -0.05) is 0 Å². The smallest absolute Gasteiger partial charge is 0.226 e. The third-order valence-electron chi connectivity index (χ3n) is 5.28. The van der Waals surface area contributed by atoms with Gasteiger partial charge < -0.3 is 9.80 Å². The Morgan fingerprint density at radius 1 is 1.31 bits per heavy atom. The number of fused-ring (bicyclic) bond motifs is 1. The van der Waals surface area contributed by atoms with Crippen LogP contribution in [0.5, 0.6) is 0 Å². The second kappa shape index (κ2) is 7.42. The molecule has 0 spiro atoms. The highest BCUT2D eigenvalue weighted by Crippen LogP contribution is 2.27. The molecule has 0 N–H and O–H groups in total. The van der Waals surface area contributed by atoms with E-state index < -0.39 is 0 Å². The fourth-order valence-corrected chi connectivity index (χ4v) is 4.63. The van der Waals surface area contributed by atoms with E-state index in [9.17, 15) is 4.79 Å². The van der Waals surface area contributed by atoms with Crippen LogP contribution < -0.4 is 4.90 Å². The number of hydrogen-bond donors (Lipinski definition) is 0. The fraction of sp³-hybridized carbons (Fsp3) is 0.474. The standard InChI is InChI=1S/C19H21N5OS/c20-12-16-1-6-21-19(22-16)23-7-2-14(3-8-23)11-18(25)24-9-4-17-15(13-24)5-10-26-17/h1,5-6,10,14H,2-4,7-9,11,13H2. The Morgan fingerprint density at radius 2 is 2.15 bits per heavy atom. The van der Waals surface area contributed by atoms with E-state index in [-0.39, 0.29) is 5.91 Å². The summed E-state index contributed by atoms with van der Waals surface area (Å²) in [5.74, 6) is 1.32. The number of aromatic nitrogens is 2. The minimum absolute atomic E-state index is 0.281. The Labute approximate surface area is 157 Å². The lowest BCUT2D eigenvalue weighted by Crippen LogP contribution is -2.39. The van der Waals surface area contributed by atoms with Crippen molar-refractivity contribution in [2.75, 3.05) is 24.5 Å². The zero-order valence-corrected chi connectivity index (χ0v) is 15.4. The van der Waals surface area contributed by atoms with Crippen molar-refractivity contribution in [2.24, 2.45) is 5.92 Å². The third kappa shape index (κ3) is 3.56. The molecule has 7 heteroatoms. The van der Waals surface area contributed by atoms with E-state index in [0.717, 1.165) is 45.4 Å². The van der Waals surface area contributed by atoms with Gasteiger partial charge in [0.25, 0.3) is 0 Å². The van der Waals surface area contributed by atoms with Gasteiger partial charge in [-0.2, -0.15) is 5.26 Å². The van der Waals surface area contributed by atoms with E-state index in [1.54, 1.807) is 23.6 Å². The summed E-state index contributed by atoms with van der Waals surface area (Å²) < 4.78 is 0. The number of amides is 1. The van der Waals surface area contributed by atoms with Crippen LogP contribution in [0.4, 0.5) is 5.95 Å². The van der Waals surface area contributed by atoms with Crippen molar-refractivity contribution in [3.63, 3.8) is 0 Å². The number of carbonyl (C=O) groups is 1. The molecular formula is C19H21N5OS. The Bertz CT molecular complexity index is 834. The molecule has 26 heavy (non-hydrogen) atoms. The van der Waals surface area contributed by atoms with Gasteiger partial charge in [0, 0.05) is 43.7 Å². The van der Waals surface area contributed by atoms with Gasteiger partial charge in [-0.25, -0.2) is 9.97 Å². The Balaban J connectivity index is 1.30. The third-order valence-corrected chi connectivity index (χ3v) is 6.30. The summed E-state index contributed by atoms with van der Waals surface area (Å²) >= 11 is 1.80. The van der Waals surface area contributed by atoms with Crippen molar-refractivity contribution in [3.8, 4) is 6.07 Å². The first-order valence-corrected chi connectivity index (χ1v) is 9.92. The molecule has 0 unspecified atom stereocenters. The minimum atomic E-state index is 0.281. The van der Waals surface area contributed by atoms with Crippen LogP contribution in [0.25, 0.3) is 0 Å². The second-order valence-electron chi connectivity index (χ2n) is 6.92. The fourth-order valence-electron chi connectivity index (χ4n) is 3.74. The van der Waals surface area contributed by atoms with Crippen LogP contribution in [0.1, 0.15) is 35.4 Å². The van der Waals surface area contributed by atoms with Gasteiger partial charge in [-0.3, -0.25) is 4.79 Å². The largest absolute Gasteiger partial charge is 0.341 e. The molecule has 4 rings (SSSR count). The van der Waals surface area contributed by atoms with Crippen LogP contribution in [-0.4, -0.2) is 40.4 Å². The Morgan fingerprint density at radius 3 is 2.96 bits per heavy atom. The summed E-state index contributed by atoms with van der Waals surface area (Å²) in [7, 11) is 0. The van der Waals surface area contributed by atoms with Crippen LogP contribution in [0.15, 0.2) is 23.7 Å². The highest BCUT2D eigenvalue weighted by molar-refractivity contribution is 7.10. The number of nitriles is 1. The molecule has 2 aliphatic rings. The monoisotopic (exact) mass is 367 g/mol. The molecule has 6 nitrogen and oxygen atoms in total. The van der Waals surface area contributed by atoms with E-state index in [1.165, 1.54) is 10.4 Å². The van der Waals surface area contributed by atoms with E-state index in [1.807, 2.05) is 4.90 Å². The number of nitrogens with zero attached hydrogens (tertiary/aromatic N) is 5. The topological polar surface area (TPSA) is 73.1 Å². The average Bonchev–Trinajstić information content (AvgIpc) is 3.16. The van der Waals surface area contributed by atoms with E-state index in [0.29, 0.717) is 24.0 Å². The molecule has 2 aromatic rings. The molecule has 0 radical (unpaired) electrons. The van der Waals surface area contributed by atoms with Gasteiger partial charge in [0.2, 0.25) is 11.9 Å². The normalized spacial score (nSPS) is 17.7. The maximum Gasteiger partial charge on any atom is 0.226 e. The molecule has 1 saturated heterocycles. The molecular weight excluding hydrogens is 346 g/mol. The molecule has 1 amide bonds. The van der Waals surface area contributed by atoms with Gasteiger partial charge in [0.05, 0.1) is 0 Å². The summed E-state index contributed by atoms with van der Waals surface area (Å²) in [4.78, 5) is 26.8. The van der Waals surface area contributed by atoms with Crippen LogP contribution in [0.2, 0.25) is 0 Å². The van der Waals surface area contributed by atoms with Crippen molar-refractivity contribution >= 4 is 23.2 Å². The SMILES string of the molecule is N#Cc1ccnc(N2CCC(CC(=O)N3CCc4sccc4C3)CC2)n1. The first-order chi connectivity index (χ1) is 12.7. The first-order valence-electron chi connectivity index (χ1n) is 9.04. The molecule has 0 aliphatic carbocycles. The molecule has 1 fully saturated rings. The van der Waals surface area contributed by atoms with Crippen LogP contribution in [0.3, 0.4) is 0 Å². The van der Waals surface area contributed by atoms with Gasteiger partial charge in [0.15, 0.2) is 0 Å². The molecule has 4 heterocycles. The highest BCUT2D eigenvalue weighted by Gasteiger charge is 2.27. The van der Waals surface area contributed by atoms with Crippen molar-refractivity contribution in [1.82, 2.24) is 14.9 Å².